The Balaban J connectivity index is 1.76. The lowest BCUT2D eigenvalue weighted by Gasteiger charge is -2.18. The van der Waals surface area contributed by atoms with Crippen molar-refractivity contribution in [3.63, 3.8) is 0 Å². The number of hydrogen-bond acceptors (Lipinski definition) is 4. The van der Waals surface area contributed by atoms with Crippen LogP contribution in [0.3, 0.4) is 0 Å². The summed E-state index contributed by atoms with van der Waals surface area (Å²) >= 11 is 0. The first-order chi connectivity index (χ1) is 12.5. The van der Waals surface area contributed by atoms with Gasteiger partial charge >= 0.3 is 0 Å². The van der Waals surface area contributed by atoms with Gasteiger partial charge in [0, 0.05) is 12.2 Å². The summed E-state index contributed by atoms with van der Waals surface area (Å²) in [6.45, 7) is 6.13. The quantitative estimate of drug-likeness (QED) is 0.738. The van der Waals surface area contributed by atoms with Crippen molar-refractivity contribution < 1.29 is 9.53 Å². The number of nitrogens with one attached hydrogen (secondary N) is 1. The van der Waals surface area contributed by atoms with Crippen LogP contribution in [0.5, 0.6) is 5.75 Å². The number of nitrogens with zero attached hydrogens (tertiary/aromatic N) is 3. The van der Waals surface area contributed by atoms with E-state index in [9.17, 15) is 4.79 Å². The third-order valence-electron chi connectivity index (χ3n) is 4.28. The molecule has 3 aromatic rings. The summed E-state index contributed by atoms with van der Waals surface area (Å²) in [6.07, 6.45) is 2.08. The molecule has 0 radical (unpaired) electrons. The number of rotatable bonds is 6. The number of carbonyl (C=O) groups excluding carboxylic acids is 1. The highest BCUT2D eigenvalue weighted by Crippen LogP contribution is 2.23. The first-order valence-electron chi connectivity index (χ1n) is 8.74. The maximum Gasteiger partial charge on any atom is 0.224 e. The van der Waals surface area contributed by atoms with Gasteiger partial charge < -0.3 is 14.6 Å². The van der Waals surface area contributed by atoms with E-state index in [1.165, 1.54) is 0 Å². The Morgan fingerprint density at radius 1 is 1.19 bits per heavy atom. The first-order valence-corrected chi connectivity index (χ1v) is 8.74. The third kappa shape index (κ3) is 3.69. The summed E-state index contributed by atoms with van der Waals surface area (Å²) in [5, 5.41) is 3.05. The summed E-state index contributed by atoms with van der Waals surface area (Å²) in [6, 6.07) is 11.3. The van der Waals surface area contributed by atoms with Crippen molar-refractivity contribution in [1.82, 2.24) is 19.9 Å². The highest BCUT2D eigenvalue weighted by Gasteiger charge is 2.20. The second-order valence-corrected chi connectivity index (χ2v) is 6.59. The number of aromatic nitrogens is 3. The summed E-state index contributed by atoms with van der Waals surface area (Å²) in [4.78, 5) is 21.6. The summed E-state index contributed by atoms with van der Waals surface area (Å²) in [7, 11) is 1.62. The lowest BCUT2D eigenvalue weighted by molar-refractivity contribution is -0.121. The van der Waals surface area contributed by atoms with Crippen LogP contribution in [0.15, 0.2) is 42.6 Å². The molecule has 0 aliphatic rings. The molecule has 6 nitrogen and oxygen atoms in total. The molecule has 1 aromatic carbocycles. The van der Waals surface area contributed by atoms with E-state index in [0.717, 1.165) is 28.3 Å². The lowest BCUT2D eigenvalue weighted by Crippen LogP contribution is -2.30. The van der Waals surface area contributed by atoms with E-state index in [1.807, 2.05) is 43.3 Å². The smallest absolute Gasteiger partial charge is 0.224 e. The number of pyridine rings is 1. The van der Waals surface area contributed by atoms with E-state index < -0.39 is 0 Å². The molecule has 0 bridgehead atoms. The molecule has 1 N–H and O–H groups in total. The summed E-state index contributed by atoms with van der Waals surface area (Å²) < 4.78 is 7.22. The second kappa shape index (κ2) is 7.56. The molecular weight excluding hydrogens is 328 g/mol. The van der Waals surface area contributed by atoms with Crippen molar-refractivity contribution >= 4 is 17.1 Å². The SMILES string of the molecule is COc1ccc(CC(=O)N[C@@H](C)c2nc3cccnc3n2C(C)C)cc1. The average Bonchev–Trinajstić information content (AvgIpc) is 3.02. The van der Waals surface area contributed by atoms with Gasteiger partial charge in [0.05, 0.1) is 19.6 Å². The van der Waals surface area contributed by atoms with Gasteiger partial charge in [0.25, 0.3) is 0 Å². The van der Waals surface area contributed by atoms with E-state index >= 15 is 0 Å². The largest absolute Gasteiger partial charge is 0.497 e. The van der Waals surface area contributed by atoms with Gasteiger partial charge in [0.1, 0.15) is 17.1 Å². The van der Waals surface area contributed by atoms with Gasteiger partial charge in [0.2, 0.25) is 5.91 Å². The predicted molar refractivity (Wildman–Crippen MR) is 101 cm³/mol. The van der Waals surface area contributed by atoms with Crippen LogP contribution < -0.4 is 10.1 Å². The number of fused-ring (bicyclic) bond motifs is 1. The highest BCUT2D eigenvalue weighted by atomic mass is 16.5. The molecular formula is C20H24N4O2. The molecule has 2 aromatic heterocycles. The van der Waals surface area contributed by atoms with E-state index in [-0.39, 0.29) is 18.0 Å². The average molecular weight is 352 g/mol. The molecule has 0 unspecified atom stereocenters. The van der Waals surface area contributed by atoms with Crippen molar-refractivity contribution in [3.8, 4) is 5.75 Å². The van der Waals surface area contributed by atoms with Gasteiger partial charge in [-0.05, 0) is 50.6 Å². The molecule has 26 heavy (non-hydrogen) atoms. The molecule has 0 saturated carbocycles. The van der Waals surface area contributed by atoms with Gasteiger partial charge in [-0.1, -0.05) is 12.1 Å². The Morgan fingerprint density at radius 3 is 2.58 bits per heavy atom. The van der Waals surface area contributed by atoms with Gasteiger partial charge in [-0.2, -0.15) is 0 Å². The Morgan fingerprint density at radius 2 is 1.92 bits per heavy atom. The van der Waals surface area contributed by atoms with Crippen molar-refractivity contribution in [2.24, 2.45) is 0 Å². The minimum Gasteiger partial charge on any atom is -0.497 e. The van der Waals surface area contributed by atoms with Crippen LogP contribution in [-0.4, -0.2) is 27.6 Å². The number of hydrogen-bond donors (Lipinski definition) is 1. The number of imidazole rings is 1. The maximum atomic E-state index is 12.5. The van der Waals surface area contributed by atoms with Crippen molar-refractivity contribution in [1.29, 1.82) is 0 Å². The van der Waals surface area contributed by atoms with Gasteiger partial charge in [-0.25, -0.2) is 9.97 Å². The molecule has 2 heterocycles. The van der Waals surface area contributed by atoms with Crippen LogP contribution >= 0.6 is 0 Å². The predicted octanol–water partition coefficient (Wildman–Crippen LogP) is 3.44. The Hall–Kier alpha value is -2.89. The zero-order valence-corrected chi connectivity index (χ0v) is 15.6. The lowest BCUT2D eigenvalue weighted by atomic mass is 10.1. The Kier molecular flexibility index (Phi) is 5.21. The van der Waals surface area contributed by atoms with Crippen molar-refractivity contribution in [3.05, 3.63) is 54.0 Å². The Labute approximate surface area is 153 Å². The fourth-order valence-electron chi connectivity index (χ4n) is 3.05. The number of benzene rings is 1. The van der Waals surface area contributed by atoms with Crippen LogP contribution in [-0.2, 0) is 11.2 Å². The van der Waals surface area contributed by atoms with Crippen LogP contribution in [0, 0.1) is 0 Å². The molecule has 136 valence electrons. The fourth-order valence-corrected chi connectivity index (χ4v) is 3.05. The monoisotopic (exact) mass is 352 g/mol. The molecule has 0 spiro atoms. The molecule has 6 heteroatoms. The number of methoxy groups -OCH3 is 1. The van der Waals surface area contributed by atoms with E-state index in [2.05, 4.69) is 33.7 Å². The van der Waals surface area contributed by atoms with E-state index in [0.29, 0.717) is 6.42 Å². The molecule has 0 saturated heterocycles. The normalized spacial score (nSPS) is 12.3. The van der Waals surface area contributed by atoms with E-state index in [4.69, 9.17) is 4.74 Å². The first kappa shape index (κ1) is 17.9. The third-order valence-corrected chi connectivity index (χ3v) is 4.28. The van der Waals surface area contributed by atoms with Gasteiger partial charge in [0.15, 0.2) is 5.65 Å². The van der Waals surface area contributed by atoms with E-state index in [1.54, 1.807) is 13.3 Å². The summed E-state index contributed by atoms with van der Waals surface area (Å²) in [5.41, 5.74) is 2.62. The minimum atomic E-state index is -0.211. The van der Waals surface area contributed by atoms with Crippen LogP contribution in [0.2, 0.25) is 0 Å². The molecule has 1 amide bonds. The van der Waals surface area contributed by atoms with Gasteiger partial charge in [-0.15, -0.1) is 0 Å². The number of carbonyl (C=O) groups is 1. The van der Waals surface area contributed by atoms with Crippen molar-refractivity contribution in [2.45, 2.75) is 39.3 Å². The molecule has 0 aliphatic heterocycles. The maximum absolute atomic E-state index is 12.5. The Bertz CT molecular complexity index is 900. The number of ether oxygens (including phenoxy) is 1. The van der Waals surface area contributed by atoms with Crippen molar-refractivity contribution in [2.75, 3.05) is 7.11 Å². The molecule has 0 aliphatic carbocycles. The minimum absolute atomic E-state index is 0.0435. The standard InChI is InChI=1S/C20H24N4O2/c1-13(2)24-19(23-17-6-5-11-21-20(17)24)14(3)22-18(25)12-15-7-9-16(26-4)10-8-15/h5-11,13-14H,12H2,1-4H3,(H,22,25)/t14-/m0/s1. The van der Waals surface area contributed by atoms with Crippen LogP contribution in [0.4, 0.5) is 0 Å². The number of amides is 1. The molecule has 3 rings (SSSR count). The zero-order chi connectivity index (χ0) is 18.7. The zero-order valence-electron chi connectivity index (χ0n) is 15.6. The highest BCUT2D eigenvalue weighted by molar-refractivity contribution is 5.79. The topological polar surface area (TPSA) is 69.0 Å². The van der Waals surface area contributed by atoms with Crippen LogP contribution in [0.25, 0.3) is 11.2 Å². The molecule has 0 fully saturated rings. The summed E-state index contributed by atoms with van der Waals surface area (Å²) in [5.74, 6) is 1.55. The fraction of sp³-hybridized carbons (Fsp3) is 0.350. The second-order valence-electron chi connectivity index (χ2n) is 6.59. The van der Waals surface area contributed by atoms with Gasteiger partial charge in [-0.3, -0.25) is 4.79 Å². The van der Waals surface area contributed by atoms with Crippen LogP contribution in [0.1, 0.15) is 44.2 Å². The molecule has 1 atom stereocenters.